The van der Waals surface area contributed by atoms with E-state index in [2.05, 4.69) is 29.1 Å². The Kier molecular flexibility index (Phi) is 4.54. The van der Waals surface area contributed by atoms with Gasteiger partial charge in [0, 0.05) is 6.54 Å². The fourth-order valence-electron chi connectivity index (χ4n) is 2.23. The van der Waals surface area contributed by atoms with Crippen molar-refractivity contribution in [3.63, 3.8) is 0 Å². The van der Waals surface area contributed by atoms with Gasteiger partial charge in [-0.15, -0.1) is 11.3 Å². The van der Waals surface area contributed by atoms with Crippen LogP contribution in [0.5, 0.6) is 0 Å². The summed E-state index contributed by atoms with van der Waals surface area (Å²) in [5.74, 6) is 0.428. The summed E-state index contributed by atoms with van der Waals surface area (Å²) in [4.78, 5) is 20.7. The lowest BCUT2D eigenvalue weighted by Crippen LogP contribution is -2.13. The van der Waals surface area contributed by atoms with Crippen molar-refractivity contribution >= 4 is 33.3 Å². The minimum atomic E-state index is -0.906. The van der Waals surface area contributed by atoms with Crippen LogP contribution in [0.1, 0.15) is 41.9 Å². The molecule has 2 heterocycles. The molecule has 0 bridgehead atoms. The third-order valence-corrected chi connectivity index (χ3v) is 4.82. The molecule has 2 aromatic rings. The second kappa shape index (κ2) is 6.17. The molecule has 108 valence electrons. The number of nitrogens with one attached hydrogen (secondary N) is 1. The lowest BCUT2D eigenvalue weighted by Gasteiger charge is -2.14. The highest BCUT2D eigenvalue weighted by Crippen LogP contribution is 2.33. The summed E-state index contributed by atoms with van der Waals surface area (Å²) in [6.07, 6.45) is 3.71. The van der Waals surface area contributed by atoms with Crippen LogP contribution >= 0.6 is 11.3 Å². The molecule has 20 heavy (non-hydrogen) atoms. The highest BCUT2D eigenvalue weighted by molar-refractivity contribution is 7.20. The van der Waals surface area contributed by atoms with E-state index in [1.54, 1.807) is 0 Å². The van der Waals surface area contributed by atoms with Crippen molar-refractivity contribution < 1.29 is 9.90 Å². The van der Waals surface area contributed by atoms with Gasteiger partial charge >= 0.3 is 5.97 Å². The lowest BCUT2D eigenvalue weighted by molar-refractivity contribution is 0.0701. The fourth-order valence-corrected chi connectivity index (χ4v) is 3.22. The van der Waals surface area contributed by atoms with E-state index < -0.39 is 5.97 Å². The molecule has 0 aliphatic rings. The highest BCUT2D eigenvalue weighted by Gasteiger charge is 2.18. The number of carboxylic acids is 1. The smallest absolute Gasteiger partial charge is 0.346 e. The van der Waals surface area contributed by atoms with Gasteiger partial charge in [-0.3, -0.25) is 0 Å². The molecule has 0 fully saturated rings. The summed E-state index contributed by atoms with van der Waals surface area (Å²) in [7, 11) is 0. The van der Waals surface area contributed by atoms with Gasteiger partial charge in [-0.05, 0) is 18.4 Å². The van der Waals surface area contributed by atoms with Crippen LogP contribution in [0.15, 0.2) is 6.33 Å². The summed E-state index contributed by atoms with van der Waals surface area (Å²) < 4.78 is 0. The van der Waals surface area contributed by atoms with E-state index in [1.165, 1.54) is 17.7 Å². The Labute approximate surface area is 122 Å². The van der Waals surface area contributed by atoms with Crippen molar-refractivity contribution in [1.29, 1.82) is 0 Å². The monoisotopic (exact) mass is 293 g/mol. The molecule has 0 aliphatic carbocycles. The standard InChI is InChI=1S/C14H19N3O2S/c1-4-9(5-2)6-15-12-10-8(3)11(14(18)19)20-13(10)17-7-16-12/h7,9H,4-6H2,1-3H3,(H,18,19)(H,15,16,17). The van der Waals surface area contributed by atoms with E-state index >= 15 is 0 Å². The Balaban J connectivity index is 2.36. The molecule has 0 atom stereocenters. The van der Waals surface area contributed by atoms with Gasteiger partial charge in [-0.2, -0.15) is 0 Å². The second-order valence-corrected chi connectivity index (χ2v) is 5.83. The molecule has 0 saturated heterocycles. The van der Waals surface area contributed by atoms with Crippen molar-refractivity contribution in [3.05, 3.63) is 16.8 Å². The van der Waals surface area contributed by atoms with Crippen LogP contribution in [0, 0.1) is 12.8 Å². The Morgan fingerprint density at radius 1 is 1.40 bits per heavy atom. The number of carbonyl (C=O) groups is 1. The molecule has 0 aliphatic heterocycles. The van der Waals surface area contributed by atoms with Crippen LogP contribution in [0.3, 0.4) is 0 Å². The van der Waals surface area contributed by atoms with Crippen molar-refractivity contribution in [1.82, 2.24) is 9.97 Å². The van der Waals surface area contributed by atoms with Gasteiger partial charge in [0.25, 0.3) is 0 Å². The maximum Gasteiger partial charge on any atom is 0.346 e. The third-order valence-electron chi connectivity index (χ3n) is 3.63. The molecule has 0 unspecified atom stereocenters. The van der Waals surface area contributed by atoms with Crippen LogP contribution in [0.4, 0.5) is 5.82 Å². The Morgan fingerprint density at radius 3 is 2.70 bits per heavy atom. The first-order chi connectivity index (χ1) is 9.58. The molecule has 2 aromatic heterocycles. The van der Waals surface area contributed by atoms with Gasteiger partial charge in [0.2, 0.25) is 0 Å². The summed E-state index contributed by atoms with van der Waals surface area (Å²) in [6, 6.07) is 0. The molecule has 0 saturated carbocycles. The summed E-state index contributed by atoms with van der Waals surface area (Å²) >= 11 is 1.20. The average molecular weight is 293 g/mol. The van der Waals surface area contributed by atoms with Crippen molar-refractivity contribution in [2.24, 2.45) is 5.92 Å². The van der Waals surface area contributed by atoms with Gasteiger partial charge in [0.05, 0.1) is 5.39 Å². The SMILES string of the molecule is CCC(CC)CNc1ncnc2sc(C(=O)O)c(C)c12. The Bertz CT molecular complexity index is 620. The van der Waals surface area contributed by atoms with Gasteiger partial charge in [0.15, 0.2) is 0 Å². The van der Waals surface area contributed by atoms with E-state index in [4.69, 9.17) is 0 Å². The summed E-state index contributed by atoms with van der Waals surface area (Å²) in [5, 5.41) is 13.4. The molecule has 2 N–H and O–H groups in total. The molecule has 6 heteroatoms. The van der Waals surface area contributed by atoms with Crippen LogP contribution in [-0.2, 0) is 0 Å². The van der Waals surface area contributed by atoms with Gasteiger partial charge in [-0.1, -0.05) is 26.7 Å². The third kappa shape index (κ3) is 2.75. The number of anilines is 1. The van der Waals surface area contributed by atoms with Crippen LogP contribution in [0.25, 0.3) is 10.2 Å². The topological polar surface area (TPSA) is 75.1 Å². The number of hydrogen-bond donors (Lipinski definition) is 2. The predicted octanol–water partition coefficient (Wildman–Crippen LogP) is 3.55. The van der Waals surface area contributed by atoms with Gasteiger partial charge in [0.1, 0.15) is 21.9 Å². The van der Waals surface area contributed by atoms with Crippen molar-refractivity contribution in [2.75, 3.05) is 11.9 Å². The normalized spacial score (nSPS) is 11.2. The molecule has 0 spiro atoms. The zero-order valence-electron chi connectivity index (χ0n) is 11.9. The van der Waals surface area contributed by atoms with Crippen molar-refractivity contribution in [3.8, 4) is 0 Å². The minimum Gasteiger partial charge on any atom is -0.477 e. The number of rotatable bonds is 6. The number of nitrogens with zero attached hydrogens (tertiary/aromatic N) is 2. The number of aromatic nitrogens is 2. The predicted molar refractivity (Wildman–Crippen MR) is 81.7 cm³/mol. The molecule has 5 nitrogen and oxygen atoms in total. The summed E-state index contributed by atoms with van der Waals surface area (Å²) in [5.41, 5.74) is 0.741. The molecular weight excluding hydrogens is 274 g/mol. The van der Waals surface area contributed by atoms with Crippen molar-refractivity contribution in [2.45, 2.75) is 33.6 Å². The number of fused-ring (bicyclic) bond motifs is 1. The molecule has 0 amide bonds. The van der Waals surface area contributed by atoms with E-state index in [0.717, 1.165) is 41.0 Å². The average Bonchev–Trinajstić information content (AvgIpc) is 2.78. The van der Waals surface area contributed by atoms with E-state index in [9.17, 15) is 9.90 Å². The van der Waals surface area contributed by atoms with Crippen LogP contribution < -0.4 is 5.32 Å². The first kappa shape index (κ1) is 14.7. The maximum absolute atomic E-state index is 11.2. The Hall–Kier alpha value is -1.69. The maximum atomic E-state index is 11.2. The first-order valence-electron chi connectivity index (χ1n) is 6.79. The van der Waals surface area contributed by atoms with E-state index in [-0.39, 0.29) is 0 Å². The number of carboxylic acid groups (broad SMARTS) is 1. The minimum absolute atomic E-state index is 0.339. The Morgan fingerprint density at radius 2 is 2.10 bits per heavy atom. The zero-order chi connectivity index (χ0) is 14.7. The molecular formula is C14H19N3O2S. The quantitative estimate of drug-likeness (QED) is 0.852. The molecule has 2 rings (SSSR count). The first-order valence-corrected chi connectivity index (χ1v) is 7.61. The largest absolute Gasteiger partial charge is 0.477 e. The number of hydrogen-bond acceptors (Lipinski definition) is 5. The number of aryl methyl sites for hydroxylation is 1. The van der Waals surface area contributed by atoms with Gasteiger partial charge in [-0.25, -0.2) is 14.8 Å². The van der Waals surface area contributed by atoms with E-state index in [1.807, 2.05) is 6.92 Å². The van der Waals surface area contributed by atoms with E-state index in [0.29, 0.717) is 10.8 Å². The molecule has 0 aromatic carbocycles. The fraction of sp³-hybridized carbons (Fsp3) is 0.500. The zero-order valence-corrected chi connectivity index (χ0v) is 12.8. The summed E-state index contributed by atoms with van der Waals surface area (Å²) in [6.45, 7) is 7.00. The number of aromatic carboxylic acids is 1. The number of thiophene rings is 1. The second-order valence-electron chi connectivity index (χ2n) is 4.83. The molecule has 0 radical (unpaired) electrons. The van der Waals surface area contributed by atoms with Crippen LogP contribution in [0.2, 0.25) is 0 Å². The van der Waals surface area contributed by atoms with Gasteiger partial charge < -0.3 is 10.4 Å². The lowest BCUT2D eigenvalue weighted by atomic mass is 10.0. The highest BCUT2D eigenvalue weighted by atomic mass is 32.1. The van der Waals surface area contributed by atoms with Crippen LogP contribution in [-0.4, -0.2) is 27.6 Å².